The highest BCUT2D eigenvalue weighted by Gasteiger charge is 2.55. The second-order valence-electron chi connectivity index (χ2n) is 4.03. The molecule has 1 heterocycles. The predicted octanol–water partition coefficient (Wildman–Crippen LogP) is 2.38. The number of hydrogen-bond donors (Lipinski definition) is 0. The van der Waals surface area contributed by atoms with Crippen LogP contribution < -0.4 is 0 Å². The third-order valence-electron chi connectivity index (χ3n) is 2.84. The summed E-state index contributed by atoms with van der Waals surface area (Å²) < 4.78 is 24.2. The van der Waals surface area contributed by atoms with E-state index in [1.165, 1.54) is 0 Å². The Balaban J connectivity index is 2.53. The summed E-state index contributed by atoms with van der Waals surface area (Å²) in [5.41, 5.74) is -0.179. The molecule has 1 atom stereocenters. The molecule has 1 aliphatic heterocycles. The van der Waals surface area contributed by atoms with E-state index >= 15 is 0 Å². The first-order valence-corrected chi connectivity index (χ1v) is 7.85. The maximum Gasteiger partial charge on any atom is 0.324 e. The third kappa shape index (κ3) is 1.98. The second kappa shape index (κ2) is 3.96. The van der Waals surface area contributed by atoms with Crippen molar-refractivity contribution in [1.29, 1.82) is 0 Å². The number of hydrogen-bond acceptors (Lipinski definition) is 3. The molecule has 0 bridgehead atoms. The Bertz CT molecular complexity index is 589. The zero-order chi connectivity index (χ0) is 12.8. The molecule has 17 heavy (non-hydrogen) atoms. The zero-order valence-electron chi connectivity index (χ0n) is 8.85. The standard InChI is InChI=1S/C10H9BrClNO3S/c1-10(7-4-2-3-5-8(7)11)6-9(14)13(10)17(12,15)16/h2-5H,6H2,1H3. The lowest BCUT2D eigenvalue weighted by atomic mass is 9.82. The Morgan fingerprint density at radius 2 is 2.00 bits per heavy atom. The molecule has 1 aromatic rings. The molecule has 2 rings (SSSR count). The average Bonchev–Trinajstić information content (AvgIpc) is 2.14. The van der Waals surface area contributed by atoms with E-state index in [0.717, 1.165) is 14.3 Å². The van der Waals surface area contributed by atoms with Crippen LogP contribution in [0.2, 0.25) is 0 Å². The minimum Gasteiger partial charge on any atom is -0.274 e. The summed E-state index contributed by atoms with van der Waals surface area (Å²) >= 11 is 3.35. The highest BCUT2D eigenvalue weighted by atomic mass is 79.9. The molecule has 0 aliphatic carbocycles. The Morgan fingerprint density at radius 3 is 2.47 bits per heavy atom. The Labute approximate surface area is 112 Å². The van der Waals surface area contributed by atoms with Crippen LogP contribution in [0.5, 0.6) is 0 Å². The van der Waals surface area contributed by atoms with E-state index < -0.39 is 20.7 Å². The van der Waals surface area contributed by atoms with Crippen LogP contribution in [0, 0.1) is 0 Å². The van der Waals surface area contributed by atoms with E-state index in [9.17, 15) is 13.2 Å². The molecule has 0 aromatic heterocycles. The molecule has 0 N–H and O–H groups in total. The maximum atomic E-state index is 11.4. The van der Waals surface area contributed by atoms with Crippen molar-refractivity contribution in [3.8, 4) is 0 Å². The molecule has 92 valence electrons. The smallest absolute Gasteiger partial charge is 0.274 e. The quantitative estimate of drug-likeness (QED) is 0.614. The minimum atomic E-state index is -4.05. The van der Waals surface area contributed by atoms with Crippen molar-refractivity contribution in [2.75, 3.05) is 0 Å². The van der Waals surface area contributed by atoms with E-state index in [1.54, 1.807) is 25.1 Å². The lowest BCUT2D eigenvalue weighted by molar-refractivity contribution is -0.144. The summed E-state index contributed by atoms with van der Waals surface area (Å²) in [6.45, 7) is 1.68. The van der Waals surface area contributed by atoms with Gasteiger partial charge in [-0.25, -0.2) is 4.31 Å². The van der Waals surface area contributed by atoms with Gasteiger partial charge >= 0.3 is 9.24 Å². The van der Waals surface area contributed by atoms with Crippen LogP contribution in [-0.2, 0) is 19.6 Å². The fourth-order valence-electron chi connectivity index (χ4n) is 2.09. The highest BCUT2D eigenvalue weighted by Crippen LogP contribution is 2.46. The first kappa shape index (κ1) is 12.9. The van der Waals surface area contributed by atoms with Crippen molar-refractivity contribution < 1.29 is 13.2 Å². The van der Waals surface area contributed by atoms with Crippen molar-refractivity contribution in [3.05, 3.63) is 34.3 Å². The molecule has 1 amide bonds. The van der Waals surface area contributed by atoms with Crippen LogP contribution in [0.3, 0.4) is 0 Å². The summed E-state index contributed by atoms with van der Waals surface area (Å²) in [4.78, 5) is 11.4. The molecule has 1 aliphatic rings. The normalized spacial score (nSPS) is 24.6. The van der Waals surface area contributed by atoms with Gasteiger partial charge in [0.25, 0.3) is 0 Å². The Morgan fingerprint density at radius 1 is 1.41 bits per heavy atom. The molecule has 7 heteroatoms. The highest BCUT2D eigenvalue weighted by molar-refractivity contribution is 9.10. The summed E-state index contributed by atoms with van der Waals surface area (Å²) in [7, 11) is 1.23. The fourth-order valence-corrected chi connectivity index (χ4v) is 4.44. The van der Waals surface area contributed by atoms with Crippen LogP contribution in [0.1, 0.15) is 18.9 Å². The number of benzene rings is 1. The summed E-state index contributed by atoms with van der Waals surface area (Å²) in [5.74, 6) is -0.488. The van der Waals surface area contributed by atoms with E-state index in [1.807, 2.05) is 6.07 Å². The fraction of sp³-hybridized carbons (Fsp3) is 0.300. The third-order valence-corrected chi connectivity index (χ3v) is 4.99. The maximum absolute atomic E-state index is 11.4. The molecule has 1 saturated heterocycles. The summed E-state index contributed by atoms with van der Waals surface area (Å²) in [5, 5.41) is 0. The van der Waals surface area contributed by atoms with E-state index in [-0.39, 0.29) is 6.42 Å². The van der Waals surface area contributed by atoms with Crippen LogP contribution >= 0.6 is 26.6 Å². The molecule has 0 spiro atoms. The van der Waals surface area contributed by atoms with Gasteiger partial charge in [-0.1, -0.05) is 34.1 Å². The Kier molecular flexibility index (Phi) is 3.00. The van der Waals surface area contributed by atoms with Crippen molar-refractivity contribution in [2.45, 2.75) is 18.9 Å². The van der Waals surface area contributed by atoms with Gasteiger partial charge in [0.2, 0.25) is 5.91 Å². The number of β-lactam (4-membered cyclic amide) rings is 1. The van der Waals surface area contributed by atoms with E-state index in [0.29, 0.717) is 0 Å². The molecule has 0 saturated carbocycles. The number of nitrogens with zero attached hydrogens (tertiary/aromatic N) is 1. The summed E-state index contributed by atoms with van der Waals surface area (Å²) in [6, 6.07) is 7.16. The number of halogens is 2. The van der Waals surface area contributed by atoms with E-state index in [2.05, 4.69) is 15.9 Å². The molecule has 0 radical (unpaired) electrons. The van der Waals surface area contributed by atoms with Crippen LogP contribution in [-0.4, -0.2) is 18.6 Å². The van der Waals surface area contributed by atoms with Crippen molar-refractivity contribution in [2.24, 2.45) is 0 Å². The molecule has 1 unspecified atom stereocenters. The van der Waals surface area contributed by atoms with Gasteiger partial charge in [0.05, 0.1) is 12.0 Å². The first-order valence-electron chi connectivity index (χ1n) is 4.79. The van der Waals surface area contributed by atoms with Crippen molar-refractivity contribution >= 4 is 41.8 Å². The van der Waals surface area contributed by atoms with Crippen LogP contribution in [0.4, 0.5) is 0 Å². The predicted molar refractivity (Wildman–Crippen MR) is 67.7 cm³/mol. The monoisotopic (exact) mass is 337 g/mol. The van der Waals surface area contributed by atoms with Crippen LogP contribution in [0.15, 0.2) is 28.7 Å². The summed E-state index contributed by atoms with van der Waals surface area (Å²) in [6.07, 6.45) is 0.127. The second-order valence-corrected chi connectivity index (χ2v) is 7.24. The van der Waals surface area contributed by atoms with Crippen molar-refractivity contribution in [1.82, 2.24) is 4.31 Å². The van der Waals surface area contributed by atoms with E-state index in [4.69, 9.17) is 10.7 Å². The zero-order valence-corrected chi connectivity index (χ0v) is 12.0. The van der Waals surface area contributed by atoms with Crippen molar-refractivity contribution in [3.63, 3.8) is 0 Å². The lowest BCUT2D eigenvalue weighted by Crippen LogP contribution is -2.60. The van der Waals surface area contributed by atoms with Gasteiger partial charge in [0.15, 0.2) is 0 Å². The topological polar surface area (TPSA) is 54.5 Å². The molecule has 1 aromatic carbocycles. The van der Waals surface area contributed by atoms with Gasteiger partial charge in [-0.15, -0.1) is 0 Å². The van der Waals surface area contributed by atoms with Gasteiger partial charge in [0.1, 0.15) is 0 Å². The number of amides is 1. The number of carbonyl (C=O) groups is 1. The van der Waals surface area contributed by atoms with Gasteiger partial charge in [-0.3, -0.25) is 4.79 Å². The molecule has 4 nitrogen and oxygen atoms in total. The van der Waals surface area contributed by atoms with Gasteiger partial charge < -0.3 is 0 Å². The molecule has 1 fully saturated rings. The van der Waals surface area contributed by atoms with Gasteiger partial charge in [-0.2, -0.15) is 8.42 Å². The minimum absolute atomic E-state index is 0.127. The average molecular weight is 339 g/mol. The molecular weight excluding hydrogens is 330 g/mol. The lowest BCUT2D eigenvalue weighted by Gasteiger charge is -2.47. The molecular formula is C10H9BrClNO3S. The first-order chi connectivity index (χ1) is 7.77. The SMILES string of the molecule is CC1(c2ccccc2Br)CC(=O)N1S(=O)(=O)Cl. The van der Waals surface area contributed by atoms with Gasteiger partial charge in [-0.05, 0) is 18.6 Å². The Hall–Kier alpha value is -0.590. The number of carbonyl (C=O) groups excluding carboxylic acids is 1. The largest absolute Gasteiger partial charge is 0.324 e. The van der Waals surface area contributed by atoms with Gasteiger partial charge in [0, 0.05) is 15.2 Å². The number of rotatable bonds is 2. The van der Waals surface area contributed by atoms with Crippen LogP contribution in [0.25, 0.3) is 0 Å².